The van der Waals surface area contributed by atoms with Crippen LogP contribution in [0.4, 0.5) is 0 Å². The van der Waals surface area contributed by atoms with Crippen molar-refractivity contribution in [1.29, 1.82) is 0 Å². The van der Waals surface area contributed by atoms with Crippen LogP contribution < -0.4 is 10.1 Å². The van der Waals surface area contributed by atoms with Crippen LogP contribution in [0.25, 0.3) is 0 Å². The molecule has 0 radical (unpaired) electrons. The van der Waals surface area contributed by atoms with Gasteiger partial charge in [-0.2, -0.15) is 0 Å². The SMILES string of the molecule is CN=C(NCC(c1ccccc1)N1CCOCC1)N(C)Cc1ccccc1OC.I. The molecule has 1 aliphatic rings. The van der Waals surface area contributed by atoms with E-state index in [-0.39, 0.29) is 30.0 Å². The fourth-order valence-electron chi connectivity index (χ4n) is 3.76. The van der Waals surface area contributed by atoms with Gasteiger partial charge in [-0.15, -0.1) is 24.0 Å². The molecule has 2 aromatic carbocycles. The van der Waals surface area contributed by atoms with Crippen molar-refractivity contribution in [2.45, 2.75) is 12.6 Å². The monoisotopic (exact) mass is 524 g/mol. The number of guanidine groups is 1. The summed E-state index contributed by atoms with van der Waals surface area (Å²) in [5.74, 6) is 1.76. The topological polar surface area (TPSA) is 49.3 Å². The number of methoxy groups -OCH3 is 1. The van der Waals surface area contributed by atoms with Gasteiger partial charge in [-0.25, -0.2) is 0 Å². The van der Waals surface area contributed by atoms with Crippen molar-refractivity contribution >= 4 is 29.9 Å². The third kappa shape index (κ3) is 6.58. The molecule has 1 fully saturated rings. The van der Waals surface area contributed by atoms with Crippen LogP contribution >= 0.6 is 24.0 Å². The highest BCUT2D eigenvalue weighted by molar-refractivity contribution is 14.0. The van der Waals surface area contributed by atoms with Crippen LogP contribution in [0.2, 0.25) is 0 Å². The van der Waals surface area contributed by atoms with E-state index in [1.807, 2.05) is 32.3 Å². The molecule has 1 heterocycles. The Balaban J connectivity index is 0.00000320. The Labute approximate surface area is 197 Å². The zero-order valence-corrected chi connectivity index (χ0v) is 20.4. The molecule has 0 bridgehead atoms. The third-order valence-corrected chi connectivity index (χ3v) is 5.30. The maximum Gasteiger partial charge on any atom is 0.193 e. The molecule has 0 amide bonds. The maximum absolute atomic E-state index is 5.55. The number of para-hydroxylation sites is 1. The Bertz CT molecular complexity index is 782. The molecule has 164 valence electrons. The number of benzene rings is 2. The predicted molar refractivity (Wildman–Crippen MR) is 133 cm³/mol. The molecule has 1 N–H and O–H groups in total. The molecule has 1 unspecified atom stereocenters. The number of aliphatic imine (C=N–C) groups is 1. The first-order chi connectivity index (χ1) is 14.2. The number of nitrogens with zero attached hydrogens (tertiary/aromatic N) is 3. The first-order valence-electron chi connectivity index (χ1n) is 10.1. The molecule has 0 spiro atoms. The second-order valence-corrected chi connectivity index (χ2v) is 7.17. The second kappa shape index (κ2) is 12.8. The minimum atomic E-state index is 0. The normalized spacial score (nSPS) is 15.8. The first kappa shape index (κ1) is 24.4. The van der Waals surface area contributed by atoms with Gasteiger partial charge < -0.3 is 19.7 Å². The average Bonchev–Trinajstić information content (AvgIpc) is 2.78. The zero-order valence-electron chi connectivity index (χ0n) is 18.1. The molecule has 7 heteroatoms. The summed E-state index contributed by atoms with van der Waals surface area (Å²) in [6, 6.07) is 19.0. The quantitative estimate of drug-likeness (QED) is 0.342. The van der Waals surface area contributed by atoms with E-state index in [2.05, 4.69) is 56.5 Å². The standard InChI is InChI=1S/C23H32N4O2.HI/c1-24-23(26(2)18-20-11-7-8-12-22(20)28-3)25-17-21(19-9-5-4-6-10-19)27-13-15-29-16-14-27;/h4-12,21H,13-18H2,1-3H3,(H,24,25);1H. The molecular formula is C23H33IN4O2. The summed E-state index contributed by atoms with van der Waals surface area (Å²) in [4.78, 5) is 9.11. The molecule has 0 aliphatic carbocycles. The van der Waals surface area contributed by atoms with Crippen LogP contribution in [0.3, 0.4) is 0 Å². The summed E-state index contributed by atoms with van der Waals surface area (Å²) in [5, 5.41) is 3.58. The van der Waals surface area contributed by atoms with E-state index in [0.717, 1.165) is 56.7 Å². The largest absolute Gasteiger partial charge is 0.496 e. The van der Waals surface area contributed by atoms with Crippen LogP contribution in [-0.2, 0) is 11.3 Å². The molecule has 1 saturated heterocycles. The van der Waals surface area contributed by atoms with Gasteiger partial charge in [0.1, 0.15) is 5.75 Å². The lowest BCUT2D eigenvalue weighted by Crippen LogP contribution is -2.46. The van der Waals surface area contributed by atoms with Crippen molar-refractivity contribution in [2.24, 2.45) is 4.99 Å². The molecule has 3 rings (SSSR count). The molecule has 0 saturated carbocycles. The lowest BCUT2D eigenvalue weighted by atomic mass is 10.0. The number of rotatable bonds is 7. The van der Waals surface area contributed by atoms with E-state index >= 15 is 0 Å². The van der Waals surface area contributed by atoms with Crippen molar-refractivity contribution < 1.29 is 9.47 Å². The van der Waals surface area contributed by atoms with E-state index in [1.165, 1.54) is 5.56 Å². The van der Waals surface area contributed by atoms with E-state index in [4.69, 9.17) is 9.47 Å². The molecule has 30 heavy (non-hydrogen) atoms. The second-order valence-electron chi connectivity index (χ2n) is 7.17. The van der Waals surface area contributed by atoms with Crippen molar-refractivity contribution in [3.8, 4) is 5.75 Å². The van der Waals surface area contributed by atoms with Crippen LogP contribution in [0, 0.1) is 0 Å². The lowest BCUT2D eigenvalue weighted by Gasteiger charge is -2.35. The summed E-state index contributed by atoms with van der Waals surface area (Å²) in [6.45, 7) is 4.95. The predicted octanol–water partition coefficient (Wildman–Crippen LogP) is 3.39. The molecular weight excluding hydrogens is 491 g/mol. The van der Waals surface area contributed by atoms with Gasteiger partial charge in [-0.3, -0.25) is 9.89 Å². The number of hydrogen-bond acceptors (Lipinski definition) is 4. The van der Waals surface area contributed by atoms with E-state index in [9.17, 15) is 0 Å². The Morgan fingerprint density at radius 1 is 1.13 bits per heavy atom. The van der Waals surface area contributed by atoms with Crippen molar-refractivity contribution in [1.82, 2.24) is 15.1 Å². The van der Waals surface area contributed by atoms with Gasteiger partial charge >= 0.3 is 0 Å². The van der Waals surface area contributed by atoms with Crippen LogP contribution in [0.1, 0.15) is 17.2 Å². The maximum atomic E-state index is 5.55. The Morgan fingerprint density at radius 2 is 1.80 bits per heavy atom. The summed E-state index contributed by atoms with van der Waals surface area (Å²) < 4.78 is 11.0. The molecule has 1 atom stereocenters. The summed E-state index contributed by atoms with van der Waals surface area (Å²) in [5.41, 5.74) is 2.44. The summed E-state index contributed by atoms with van der Waals surface area (Å²) >= 11 is 0. The van der Waals surface area contributed by atoms with Gasteiger partial charge in [0.25, 0.3) is 0 Å². The number of hydrogen-bond donors (Lipinski definition) is 1. The molecule has 0 aromatic heterocycles. The average molecular weight is 524 g/mol. The van der Waals surface area contributed by atoms with Crippen molar-refractivity contribution in [3.63, 3.8) is 0 Å². The first-order valence-corrected chi connectivity index (χ1v) is 10.1. The van der Waals surface area contributed by atoms with Crippen LogP contribution in [0.5, 0.6) is 5.75 Å². The molecule has 1 aliphatic heterocycles. The Kier molecular flexibility index (Phi) is 10.4. The van der Waals surface area contributed by atoms with Crippen molar-refractivity contribution in [2.75, 3.05) is 54.1 Å². The highest BCUT2D eigenvalue weighted by Crippen LogP contribution is 2.22. The number of ether oxygens (including phenoxy) is 2. The number of nitrogens with one attached hydrogen (secondary N) is 1. The highest BCUT2D eigenvalue weighted by atomic mass is 127. The van der Waals surface area contributed by atoms with Gasteiger partial charge in [-0.05, 0) is 11.6 Å². The fourth-order valence-corrected chi connectivity index (χ4v) is 3.76. The van der Waals surface area contributed by atoms with Crippen molar-refractivity contribution in [3.05, 3.63) is 65.7 Å². The zero-order chi connectivity index (χ0) is 20.5. The summed E-state index contributed by atoms with van der Waals surface area (Å²) in [6.07, 6.45) is 0. The Morgan fingerprint density at radius 3 is 2.47 bits per heavy atom. The lowest BCUT2D eigenvalue weighted by molar-refractivity contribution is 0.0169. The van der Waals surface area contributed by atoms with E-state index in [0.29, 0.717) is 0 Å². The fraction of sp³-hybridized carbons (Fsp3) is 0.435. The van der Waals surface area contributed by atoms with Gasteiger partial charge in [0, 0.05) is 45.8 Å². The Hall–Kier alpha value is -1.84. The van der Waals surface area contributed by atoms with Gasteiger partial charge in [0.05, 0.1) is 26.4 Å². The number of morpholine rings is 1. The number of halogens is 1. The van der Waals surface area contributed by atoms with E-state index in [1.54, 1.807) is 7.11 Å². The highest BCUT2D eigenvalue weighted by Gasteiger charge is 2.23. The molecule has 2 aromatic rings. The van der Waals surface area contributed by atoms with Crippen LogP contribution in [-0.4, -0.2) is 69.8 Å². The summed E-state index contributed by atoms with van der Waals surface area (Å²) in [7, 11) is 5.58. The van der Waals surface area contributed by atoms with Gasteiger partial charge in [-0.1, -0.05) is 48.5 Å². The minimum Gasteiger partial charge on any atom is -0.496 e. The smallest absolute Gasteiger partial charge is 0.193 e. The minimum absolute atomic E-state index is 0. The molecule has 6 nitrogen and oxygen atoms in total. The van der Waals surface area contributed by atoms with E-state index < -0.39 is 0 Å². The van der Waals surface area contributed by atoms with Gasteiger partial charge in [0.2, 0.25) is 0 Å². The third-order valence-electron chi connectivity index (χ3n) is 5.30. The van der Waals surface area contributed by atoms with Crippen LogP contribution in [0.15, 0.2) is 59.6 Å². The van der Waals surface area contributed by atoms with Gasteiger partial charge in [0.15, 0.2) is 5.96 Å².